The first-order chi connectivity index (χ1) is 12.4. The Morgan fingerprint density at radius 2 is 2.12 bits per heavy atom. The fourth-order valence-corrected chi connectivity index (χ4v) is 1.93. The molecular weight excluding hydrogens is 352 g/mol. The van der Waals surface area contributed by atoms with Crippen molar-refractivity contribution < 1.29 is 19.4 Å². The average molecular weight is 374 g/mol. The van der Waals surface area contributed by atoms with Gasteiger partial charge in [0.25, 0.3) is 0 Å². The molecule has 0 aromatic carbocycles. The number of aliphatic hydroxyl groups excluding tert-OH is 1. The van der Waals surface area contributed by atoms with E-state index in [1.54, 1.807) is 32.2 Å². The fraction of sp³-hybridized carbons (Fsp3) is 0.316. The molecule has 1 aromatic heterocycles. The number of allylic oxidation sites excluding steroid dienone is 3. The van der Waals surface area contributed by atoms with Gasteiger partial charge in [0, 0.05) is 24.2 Å². The maximum absolute atomic E-state index is 12.3. The van der Waals surface area contributed by atoms with Crippen LogP contribution in [0.4, 0.5) is 0 Å². The molecule has 26 heavy (non-hydrogen) atoms. The van der Waals surface area contributed by atoms with Crippen molar-refractivity contribution in [3.63, 3.8) is 0 Å². The van der Waals surface area contributed by atoms with Gasteiger partial charge < -0.3 is 9.84 Å². The summed E-state index contributed by atoms with van der Waals surface area (Å²) in [5.74, 6) is -2.32. The van der Waals surface area contributed by atoms with Gasteiger partial charge in [-0.1, -0.05) is 31.1 Å². The third-order valence-corrected chi connectivity index (χ3v) is 3.43. The Bertz CT molecular complexity index is 748. The van der Waals surface area contributed by atoms with Crippen LogP contribution in [0.3, 0.4) is 0 Å². The lowest BCUT2D eigenvalue weighted by atomic mass is 10.1. The van der Waals surface area contributed by atoms with E-state index >= 15 is 0 Å². The molecule has 0 aliphatic heterocycles. The first kappa shape index (κ1) is 21.4. The van der Waals surface area contributed by atoms with Crippen LogP contribution in [0.15, 0.2) is 52.5 Å². The summed E-state index contributed by atoms with van der Waals surface area (Å²) in [6.07, 6.45) is 6.99. The zero-order chi connectivity index (χ0) is 19.5. The van der Waals surface area contributed by atoms with Crippen LogP contribution < -0.4 is 0 Å². The molecule has 0 aliphatic carbocycles. The highest BCUT2D eigenvalue weighted by molar-refractivity contribution is 7.80. The Kier molecular flexibility index (Phi) is 9.08. The van der Waals surface area contributed by atoms with Gasteiger partial charge in [-0.25, -0.2) is 9.79 Å². The summed E-state index contributed by atoms with van der Waals surface area (Å²) in [6, 6.07) is 3.41. The number of hydrogen-bond donors (Lipinski definition) is 1. The van der Waals surface area contributed by atoms with Crippen molar-refractivity contribution in [2.75, 3.05) is 6.61 Å². The van der Waals surface area contributed by atoms with E-state index in [0.717, 1.165) is 12.6 Å². The van der Waals surface area contributed by atoms with E-state index in [4.69, 9.17) is 17.0 Å². The Morgan fingerprint density at radius 1 is 1.38 bits per heavy atom. The lowest BCUT2D eigenvalue weighted by molar-refractivity contribution is -0.142. The predicted octanol–water partition coefficient (Wildman–Crippen LogP) is 3.52. The van der Waals surface area contributed by atoms with Crippen LogP contribution in [0.25, 0.3) is 0 Å². The largest absolute Gasteiger partial charge is 0.501 e. The summed E-state index contributed by atoms with van der Waals surface area (Å²) in [4.78, 5) is 32.4. The van der Waals surface area contributed by atoms with Crippen molar-refractivity contribution in [2.24, 2.45) is 4.99 Å². The number of aliphatic hydroxyl groups is 1. The molecule has 1 heterocycles. The summed E-state index contributed by atoms with van der Waals surface area (Å²) >= 11 is 5.17. The maximum atomic E-state index is 12.3. The fourth-order valence-electron chi connectivity index (χ4n) is 1.76. The van der Waals surface area contributed by atoms with Crippen LogP contribution in [0.5, 0.6) is 0 Å². The van der Waals surface area contributed by atoms with Crippen molar-refractivity contribution in [2.45, 2.75) is 33.6 Å². The van der Waals surface area contributed by atoms with E-state index < -0.39 is 17.5 Å². The molecule has 0 spiro atoms. The van der Waals surface area contributed by atoms with Crippen LogP contribution in [-0.2, 0) is 14.3 Å². The van der Waals surface area contributed by atoms with E-state index in [9.17, 15) is 14.7 Å². The molecule has 7 heteroatoms. The first-order valence-corrected chi connectivity index (χ1v) is 8.55. The van der Waals surface area contributed by atoms with Crippen LogP contribution >= 0.6 is 12.2 Å². The molecule has 0 amide bonds. The number of carbonyl (C=O) groups excluding carboxylic acids is 2. The molecule has 1 N–H and O–H groups in total. The number of hydrogen-bond acceptors (Lipinski definition) is 6. The van der Waals surface area contributed by atoms with Crippen LogP contribution in [0, 0.1) is 0 Å². The summed E-state index contributed by atoms with van der Waals surface area (Å²) in [5.41, 5.74) is 1.01. The lowest BCUT2D eigenvalue weighted by Crippen LogP contribution is -2.15. The third kappa shape index (κ3) is 7.06. The summed E-state index contributed by atoms with van der Waals surface area (Å²) in [7, 11) is 0. The number of ketones is 1. The molecule has 0 saturated carbocycles. The van der Waals surface area contributed by atoms with Gasteiger partial charge in [0.2, 0.25) is 5.76 Å². The van der Waals surface area contributed by atoms with Crippen molar-refractivity contribution in [3.05, 3.63) is 53.1 Å². The highest BCUT2D eigenvalue weighted by Crippen LogP contribution is 2.09. The van der Waals surface area contributed by atoms with Crippen LogP contribution in [0.2, 0.25) is 0 Å². The average Bonchev–Trinajstić information content (AvgIpc) is 2.61. The number of nitrogens with zero attached hydrogens (tertiary/aromatic N) is 2. The SMILES string of the molecule is CCCCOC(=O)C(O)=C(C=NC(=S)c1cccnc1)C(=O)C=C(C)C. The second kappa shape index (κ2) is 11.0. The maximum Gasteiger partial charge on any atom is 0.374 e. The highest BCUT2D eigenvalue weighted by Gasteiger charge is 2.19. The van der Waals surface area contributed by atoms with E-state index in [1.165, 1.54) is 12.3 Å². The van der Waals surface area contributed by atoms with Crippen molar-refractivity contribution in [3.8, 4) is 0 Å². The number of unbranched alkanes of at least 4 members (excludes halogenated alkanes) is 1. The van der Waals surface area contributed by atoms with Gasteiger partial charge in [-0.05, 0) is 38.5 Å². The van der Waals surface area contributed by atoms with Crippen molar-refractivity contribution in [1.82, 2.24) is 4.98 Å². The number of thiocarbonyl (C=S) groups is 1. The van der Waals surface area contributed by atoms with E-state index in [2.05, 4.69) is 9.98 Å². The normalized spacial score (nSPS) is 11.7. The number of rotatable bonds is 8. The minimum absolute atomic E-state index is 0.161. The summed E-state index contributed by atoms with van der Waals surface area (Å²) in [6.45, 7) is 5.56. The first-order valence-electron chi connectivity index (χ1n) is 8.14. The molecule has 138 valence electrons. The monoisotopic (exact) mass is 374 g/mol. The predicted molar refractivity (Wildman–Crippen MR) is 104 cm³/mol. The summed E-state index contributed by atoms with van der Waals surface area (Å²) < 4.78 is 4.95. The molecule has 0 saturated heterocycles. The zero-order valence-corrected chi connectivity index (χ0v) is 15.9. The van der Waals surface area contributed by atoms with Gasteiger partial charge in [-0.2, -0.15) is 0 Å². The number of carbonyl (C=O) groups is 2. The number of aromatic nitrogens is 1. The molecule has 6 nitrogen and oxygen atoms in total. The van der Waals surface area contributed by atoms with Gasteiger partial charge in [0.1, 0.15) is 4.99 Å². The second-order valence-electron chi connectivity index (χ2n) is 5.64. The highest BCUT2D eigenvalue weighted by atomic mass is 32.1. The second-order valence-corrected chi connectivity index (χ2v) is 6.03. The van der Waals surface area contributed by atoms with E-state index in [0.29, 0.717) is 17.6 Å². The van der Waals surface area contributed by atoms with Crippen molar-refractivity contribution in [1.29, 1.82) is 0 Å². The number of esters is 1. The molecule has 0 atom stereocenters. The molecule has 1 aromatic rings. The number of ether oxygens (including phenoxy) is 1. The van der Waals surface area contributed by atoms with Gasteiger partial charge in [0.05, 0.1) is 12.2 Å². The smallest absolute Gasteiger partial charge is 0.374 e. The minimum Gasteiger partial charge on any atom is -0.501 e. The molecule has 1 rings (SSSR count). The molecule has 0 fully saturated rings. The topological polar surface area (TPSA) is 88.8 Å². The van der Waals surface area contributed by atoms with Gasteiger partial charge >= 0.3 is 5.97 Å². The quantitative estimate of drug-likeness (QED) is 0.187. The van der Waals surface area contributed by atoms with Gasteiger partial charge in [-0.3, -0.25) is 9.78 Å². The van der Waals surface area contributed by atoms with Gasteiger partial charge in [-0.15, -0.1) is 0 Å². The zero-order valence-electron chi connectivity index (χ0n) is 15.1. The Morgan fingerprint density at radius 3 is 2.69 bits per heavy atom. The standard InChI is InChI=1S/C19H22N2O4S/c1-4-5-9-25-19(24)17(23)15(16(22)10-13(2)3)12-21-18(26)14-7-6-8-20-11-14/h6-8,10-12,23H,4-5,9H2,1-3H3. The third-order valence-electron chi connectivity index (χ3n) is 3.08. The lowest BCUT2D eigenvalue weighted by Gasteiger charge is -2.06. The Labute approximate surface area is 158 Å². The Balaban J connectivity index is 3.12. The summed E-state index contributed by atoms with van der Waals surface area (Å²) in [5, 5.41) is 10.2. The van der Waals surface area contributed by atoms with Gasteiger partial charge in [0.15, 0.2) is 5.78 Å². The molecule has 0 radical (unpaired) electrons. The minimum atomic E-state index is -0.970. The Hall–Kier alpha value is -2.67. The molecule has 0 unspecified atom stereocenters. The molecule has 0 bridgehead atoms. The number of pyridine rings is 1. The van der Waals surface area contributed by atoms with E-state index in [-0.39, 0.29) is 17.2 Å². The van der Waals surface area contributed by atoms with Crippen LogP contribution in [-0.4, -0.2) is 39.7 Å². The number of aliphatic imine (C=N–C) groups is 1. The van der Waals surface area contributed by atoms with Crippen molar-refractivity contribution >= 4 is 35.2 Å². The van der Waals surface area contributed by atoms with Crippen LogP contribution in [0.1, 0.15) is 39.2 Å². The molecular formula is C19H22N2O4S. The molecule has 0 aliphatic rings. The van der Waals surface area contributed by atoms with E-state index in [1.807, 2.05) is 6.92 Å².